The van der Waals surface area contributed by atoms with Crippen LogP contribution >= 0.6 is 0 Å². The number of Topliss-reactive ketones (excluding diaryl/α,β-unsaturated/α-hetero) is 1. The molecular weight excluding hydrogens is 348 g/mol. The van der Waals surface area contributed by atoms with Gasteiger partial charge in [-0.15, -0.1) is 0 Å². The zero-order chi connectivity index (χ0) is 20.4. The maximum absolute atomic E-state index is 12.7. The number of carbonyl (C=O) groups excluding carboxylic acids is 2. The second-order valence-electron chi connectivity index (χ2n) is 9.04. The van der Waals surface area contributed by atoms with Crippen LogP contribution in [0.4, 0.5) is 0 Å². The summed E-state index contributed by atoms with van der Waals surface area (Å²) in [6.45, 7) is 10.9. The van der Waals surface area contributed by atoms with Crippen LogP contribution in [-0.4, -0.2) is 50.5 Å². The molecule has 2 fully saturated rings. The molecule has 5 atom stereocenters. The summed E-state index contributed by atoms with van der Waals surface area (Å²) in [5, 5.41) is 33.7. The normalized spacial score (nSPS) is 42.1. The maximum atomic E-state index is 12.7. The molecule has 0 unspecified atom stereocenters. The Morgan fingerprint density at radius 3 is 2.52 bits per heavy atom. The molecule has 0 aromatic heterocycles. The number of hydrogen-bond donors (Lipinski definition) is 3. The van der Waals surface area contributed by atoms with Crippen LogP contribution in [0.2, 0.25) is 0 Å². The summed E-state index contributed by atoms with van der Waals surface area (Å²) >= 11 is 0. The average Bonchev–Trinajstić information content (AvgIpc) is 2.75. The zero-order valence-corrected chi connectivity index (χ0v) is 16.5. The lowest BCUT2D eigenvalue weighted by atomic mass is 9.61. The van der Waals surface area contributed by atoms with Crippen molar-refractivity contribution < 1.29 is 29.6 Å². The van der Waals surface area contributed by atoms with Gasteiger partial charge < -0.3 is 20.1 Å². The summed E-state index contributed by atoms with van der Waals surface area (Å²) in [5.41, 5.74) is -2.52. The van der Waals surface area contributed by atoms with Gasteiger partial charge in [0.2, 0.25) is 0 Å². The molecule has 150 valence electrons. The van der Waals surface area contributed by atoms with E-state index in [0.717, 1.165) is 0 Å². The van der Waals surface area contributed by atoms with Crippen LogP contribution in [0.5, 0.6) is 0 Å². The number of aliphatic hydroxyl groups excluding tert-OH is 2. The van der Waals surface area contributed by atoms with Gasteiger partial charge in [-0.3, -0.25) is 9.59 Å². The van der Waals surface area contributed by atoms with Crippen molar-refractivity contribution in [2.75, 3.05) is 0 Å². The number of ether oxygens (including phenoxy) is 1. The Morgan fingerprint density at radius 2 is 1.96 bits per heavy atom. The van der Waals surface area contributed by atoms with Gasteiger partial charge in [-0.1, -0.05) is 27.4 Å². The highest BCUT2D eigenvalue weighted by molar-refractivity contribution is 6.00. The third kappa shape index (κ3) is 2.72. The van der Waals surface area contributed by atoms with E-state index in [4.69, 9.17) is 4.74 Å². The third-order valence-electron chi connectivity index (χ3n) is 6.71. The number of carbonyl (C=O) groups is 2. The Balaban J connectivity index is 2.26. The quantitative estimate of drug-likeness (QED) is 0.500. The molecule has 0 aromatic carbocycles. The van der Waals surface area contributed by atoms with E-state index in [0.29, 0.717) is 23.1 Å². The van der Waals surface area contributed by atoms with Crippen LogP contribution in [0.3, 0.4) is 0 Å². The molecule has 0 aromatic rings. The fourth-order valence-corrected chi connectivity index (χ4v) is 5.70. The molecule has 0 radical (unpaired) electrons. The van der Waals surface area contributed by atoms with Crippen molar-refractivity contribution in [2.24, 2.45) is 11.3 Å². The molecule has 0 spiro atoms. The van der Waals surface area contributed by atoms with Gasteiger partial charge in [-0.05, 0) is 36.3 Å². The lowest BCUT2D eigenvalue weighted by Crippen LogP contribution is -2.67. The van der Waals surface area contributed by atoms with Crippen molar-refractivity contribution in [3.05, 3.63) is 23.3 Å². The lowest BCUT2D eigenvalue weighted by Gasteiger charge is -2.53. The molecule has 0 heterocycles. The molecule has 2 saturated carbocycles. The first kappa shape index (κ1) is 20.2. The number of esters is 1. The van der Waals surface area contributed by atoms with Gasteiger partial charge in [0.25, 0.3) is 0 Å². The number of ketones is 1. The smallest absolute Gasteiger partial charge is 0.303 e. The Morgan fingerprint density at radius 1 is 1.33 bits per heavy atom. The molecule has 3 aliphatic carbocycles. The van der Waals surface area contributed by atoms with E-state index in [-0.39, 0.29) is 37.4 Å². The van der Waals surface area contributed by atoms with Crippen molar-refractivity contribution in [3.63, 3.8) is 0 Å². The average molecular weight is 378 g/mol. The molecule has 3 N–H and O–H groups in total. The Bertz CT molecular complexity index is 737. The summed E-state index contributed by atoms with van der Waals surface area (Å²) in [6, 6.07) is 0. The van der Waals surface area contributed by atoms with Crippen molar-refractivity contribution in [1.29, 1.82) is 0 Å². The van der Waals surface area contributed by atoms with Crippen molar-refractivity contribution in [2.45, 2.75) is 83.2 Å². The van der Waals surface area contributed by atoms with E-state index in [1.165, 1.54) is 6.92 Å². The monoisotopic (exact) mass is 378 g/mol. The second kappa shape index (κ2) is 6.26. The summed E-state index contributed by atoms with van der Waals surface area (Å²) in [7, 11) is 0. The van der Waals surface area contributed by atoms with E-state index >= 15 is 0 Å². The summed E-state index contributed by atoms with van der Waals surface area (Å²) < 4.78 is 5.58. The van der Waals surface area contributed by atoms with Crippen LogP contribution in [0.15, 0.2) is 23.3 Å². The largest absolute Gasteiger partial charge is 0.453 e. The minimum atomic E-state index is -1.72. The molecule has 6 nitrogen and oxygen atoms in total. The number of allylic oxidation sites excluding steroid dienone is 1. The summed E-state index contributed by atoms with van der Waals surface area (Å²) in [5.74, 6) is -0.732. The van der Waals surface area contributed by atoms with Crippen LogP contribution in [-0.2, 0) is 14.3 Å². The molecule has 3 aliphatic rings. The van der Waals surface area contributed by atoms with Crippen LogP contribution in [0.25, 0.3) is 0 Å². The van der Waals surface area contributed by atoms with E-state index in [1.807, 2.05) is 20.8 Å². The minimum absolute atomic E-state index is 0.0212. The number of fused-ring (bicyclic) bond motifs is 2. The van der Waals surface area contributed by atoms with Gasteiger partial charge in [0.15, 0.2) is 11.4 Å². The predicted molar refractivity (Wildman–Crippen MR) is 98.7 cm³/mol. The second-order valence-corrected chi connectivity index (χ2v) is 9.04. The molecule has 0 saturated heterocycles. The maximum Gasteiger partial charge on any atom is 0.303 e. The van der Waals surface area contributed by atoms with Crippen LogP contribution in [0, 0.1) is 11.3 Å². The van der Waals surface area contributed by atoms with Gasteiger partial charge in [0.05, 0.1) is 12.2 Å². The van der Waals surface area contributed by atoms with Gasteiger partial charge in [0.1, 0.15) is 5.60 Å². The van der Waals surface area contributed by atoms with Crippen molar-refractivity contribution in [3.8, 4) is 0 Å². The lowest BCUT2D eigenvalue weighted by molar-refractivity contribution is -0.234. The first-order valence-corrected chi connectivity index (χ1v) is 9.62. The number of aliphatic hydroxyl groups is 3. The van der Waals surface area contributed by atoms with Gasteiger partial charge in [0, 0.05) is 30.8 Å². The Hall–Kier alpha value is -1.50. The highest BCUT2D eigenvalue weighted by Crippen LogP contribution is 2.60. The van der Waals surface area contributed by atoms with Crippen molar-refractivity contribution in [1.82, 2.24) is 0 Å². The van der Waals surface area contributed by atoms with E-state index in [1.54, 1.807) is 0 Å². The molecule has 0 aliphatic heterocycles. The molecular formula is C21H30O6. The van der Waals surface area contributed by atoms with Crippen molar-refractivity contribution >= 4 is 11.8 Å². The third-order valence-corrected chi connectivity index (χ3v) is 6.71. The molecule has 0 amide bonds. The molecule has 0 bridgehead atoms. The van der Waals surface area contributed by atoms with E-state index < -0.39 is 34.8 Å². The Labute approximate surface area is 159 Å². The topological polar surface area (TPSA) is 104 Å². The predicted octanol–water partition coefficient (Wildman–Crippen LogP) is 1.82. The first-order valence-electron chi connectivity index (χ1n) is 9.62. The fraction of sp³-hybridized carbons (Fsp3) is 0.714. The standard InChI is InChI=1S/C21H30O6/c1-11(2)17-14(23)8-19(5)10-20(26)12(3)6-7-16(25)21(20,27-13(4)22)9-15(24)18(17)19/h11,15-16,24-26H,3,6-10H2,1-2,4-5H3/t15-,16-,19-,20+,21+/m1/s1. The SMILES string of the molecule is C=C1CC[C@@H](O)[C@@]2(OC(C)=O)C[C@@H](O)C3=C(C(C)C)C(=O)C[C@]3(C)C[C@]12O. The molecule has 27 heavy (non-hydrogen) atoms. The number of hydrogen-bond acceptors (Lipinski definition) is 6. The van der Waals surface area contributed by atoms with E-state index in [2.05, 4.69) is 6.58 Å². The van der Waals surface area contributed by atoms with E-state index in [9.17, 15) is 24.9 Å². The Kier molecular flexibility index (Phi) is 4.69. The van der Waals surface area contributed by atoms with Gasteiger partial charge in [-0.25, -0.2) is 0 Å². The fourth-order valence-electron chi connectivity index (χ4n) is 5.70. The highest BCUT2D eigenvalue weighted by atomic mass is 16.6. The summed E-state index contributed by atoms with van der Waals surface area (Å²) in [6.07, 6.45) is -1.49. The zero-order valence-electron chi connectivity index (χ0n) is 16.5. The summed E-state index contributed by atoms with van der Waals surface area (Å²) in [4.78, 5) is 24.6. The molecule has 6 heteroatoms. The van der Waals surface area contributed by atoms with Gasteiger partial charge >= 0.3 is 5.97 Å². The van der Waals surface area contributed by atoms with Crippen LogP contribution in [0.1, 0.15) is 59.8 Å². The minimum Gasteiger partial charge on any atom is -0.453 e. The first-order chi connectivity index (χ1) is 12.4. The molecule has 3 rings (SSSR count). The van der Waals surface area contributed by atoms with Gasteiger partial charge in [-0.2, -0.15) is 0 Å². The number of rotatable bonds is 2. The highest BCUT2D eigenvalue weighted by Gasteiger charge is 2.67. The van der Waals surface area contributed by atoms with Crippen LogP contribution < -0.4 is 0 Å².